The Balaban J connectivity index is 1.11. The van der Waals surface area contributed by atoms with E-state index in [4.69, 9.17) is 28.4 Å². The maximum absolute atomic E-state index is 13.2. The second kappa shape index (κ2) is 13.0. The number of nitrogens with one attached hydrogen (secondary N) is 1. The third kappa shape index (κ3) is 5.33. The van der Waals surface area contributed by atoms with Crippen LogP contribution in [-0.2, 0) is 33.2 Å². The molecular weight excluding hydrogens is 646 g/mol. The summed E-state index contributed by atoms with van der Waals surface area (Å²) in [5.41, 5.74) is -0.947. The molecule has 0 spiro atoms. The molecule has 7 rings (SSSR count). The van der Waals surface area contributed by atoms with Crippen LogP contribution in [0.3, 0.4) is 0 Å². The summed E-state index contributed by atoms with van der Waals surface area (Å²) in [4.78, 5) is 13.2. The highest BCUT2D eigenvalue weighted by Gasteiger charge is 2.78. The monoisotopic (exact) mass is 707 g/mol. The van der Waals surface area contributed by atoms with E-state index in [-0.39, 0.29) is 23.3 Å². The van der Waals surface area contributed by atoms with E-state index >= 15 is 0 Å². The first kappa shape index (κ1) is 37.1. The Hall–Kier alpha value is -1.19. The predicted octanol–water partition coefficient (Wildman–Crippen LogP) is 2.58. The minimum absolute atomic E-state index is 0.0229. The Morgan fingerprint density at radius 1 is 0.980 bits per heavy atom. The minimum atomic E-state index is -1.37. The van der Waals surface area contributed by atoms with Crippen LogP contribution in [0.25, 0.3) is 0 Å². The van der Waals surface area contributed by atoms with Crippen LogP contribution in [0, 0.1) is 34.0 Å². The number of methoxy groups -OCH3 is 2. The van der Waals surface area contributed by atoms with E-state index < -0.39 is 83.9 Å². The molecule has 0 aromatic rings. The number of ether oxygens (including phenoxy) is 6. The van der Waals surface area contributed by atoms with Crippen LogP contribution in [0.5, 0.6) is 0 Å². The largest absolute Gasteiger partial charge is 0.393 e. The lowest BCUT2D eigenvalue weighted by Gasteiger charge is -2.61. The zero-order chi connectivity index (χ0) is 36.1. The molecule has 284 valence electrons. The first-order valence-electron chi connectivity index (χ1n) is 19.0. The molecule has 3 saturated carbocycles. The molecule has 3 saturated heterocycles. The molecule has 5 N–H and O–H groups in total. The van der Waals surface area contributed by atoms with Gasteiger partial charge in [0.1, 0.15) is 30.0 Å². The van der Waals surface area contributed by atoms with Gasteiger partial charge in [-0.05, 0) is 82.5 Å². The molecule has 0 bridgehead atoms. The number of carbonyl (C=O) groups excluding carboxylic acids is 1. The van der Waals surface area contributed by atoms with E-state index in [9.17, 15) is 25.2 Å². The third-order valence-corrected chi connectivity index (χ3v) is 15.1. The van der Waals surface area contributed by atoms with Crippen molar-refractivity contribution in [3.63, 3.8) is 0 Å². The van der Waals surface area contributed by atoms with Crippen molar-refractivity contribution in [2.75, 3.05) is 14.2 Å². The van der Waals surface area contributed by atoms with Crippen molar-refractivity contribution in [2.45, 2.75) is 172 Å². The average molecular weight is 708 g/mol. The van der Waals surface area contributed by atoms with Crippen molar-refractivity contribution in [3.05, 3.63) is 11.6 Å². The van der Waals surface area contributed by atoms with E-state index in [0.29, 0.717) is 24.7 Å². The standard InChI is InChI=1S/C38H61NO11/c1-18-28(42)31(46-8)29(43)33(48-18)50-30-19(2)47-27(16-25(30)45-7)49-20(3)38(44)34-36(5,17-26(41)39-34)32-23-10-9-21-15-22(40)11-13-35(21,4)24(23)12-14-37(32,38)6/h9,18-20,22-25,27-34,40,42-44H,10-17H2,1-8H3,(H,39,41)/t18-,19-,20-,22-,23+,24-,25+,27+,28-,29-,30-,31+,32+,33+,34-,35-,36-,37-,38-/m0/s1. The van der Waals surface area contributed by atoms with Crippen LogP contribution in [-0.4, -0.2) is 120 Å². The summed E-state index contributed by atoms with van der Waals surface area (Å²) in [7, 11) is 3.02. The molecule has 3 heterocycles. The summed E-state index contributed by atoms with van der Waals surface area (Å²) in [6.07, 6.45) is 0.152. The van der Waals surface area contributed by atoms with Gasteiger partial charge in [0.25, 0.3) is 0 Å². The number of hydrogen-bond donors (Lipinski definition) is 5. The number of carbonyl (C=O) groups is 1. The second-order valence-electron chi connectivity index (χ2n) is 17.5. The molecule has 7 aliphatic rings. The van der Waals surface area contributed by atoms with Crippen LogP contribution in [0.15, 0.2) is 11.6 Å². The van der Waals surface area contributed by atoms with Crippen molar-refractivity contribution >= 4 is 5.91 Å². The van der Waals surface area contributed by atoms with E-state index in [0.717, 1.165) is 38.5 Å². The Bertz CT molecular complexity index is 1330. The molecule has 0 aromatic heterocycles. The molecule has 12 heteroatoms. The molecule has 1 amide bonds. The van der Waals surface area contributed by atoms with Crippen LogP contribution in [0.4, 0.5) is 0 Å². The summed E-state index contributed by atoms with van der Waals surface area (Å²) in [6.45, 7) is 12.3. The number of rotatable bonds is 7. The molecule has 0 aromatic carbocycles. The summed E-state index contributed by atoms with van der Waals surface area (Å²) in [5, 5.41) is 48.3. The molecule has 6 fully saturated rings. The lowest BCUT2D eigenvalue weighted by molar-refractivity contribution is -0.346. The van der Waals surface area contributed by atoms with Gasteiger partial charge in [-0.15, -0.1) is 0 Å². The summed E-state index contributed by atoms with van der Waals surface area (Å²) >= 11 is 0. The number of aliphatic hydroxyl groups is 4. The summed E-state index contributed by atoms with van der Waals surface area (Å²) < 4.78 is 36.5. The van der Waals surface area contributed by atoms with Gasteiger partial charge in [0.2, 0.25) is 5.91 Å². The number of hydrogen-bond acceptors (Lipinski definition) is 11. The number of fused-ring (bicyclic) bond motifs is 7. The molecular formula is C38H61NO11. The van der Waals surface area contributed by atoms with E-state index in [1.807, 2.05) is 13.8 Å². The topological polar surface area (TPSA) is 165 Å². The first-order chi connectivity index (χ1) is 23.5. The molecule has 50 heavy (non-hydrogen) atoms. The summed E-state index contributed by atoms with van der Waals surface area (Å²) in [5.74, 6) is 0.793. The normalized spacial score (nSPS) is 55.3. The highest BCUT2D eigenvalue weighted by molar-refractivity contribution is 5.81. The van der Waals surface area contributed by atoms with Gasteiger partial charge in [0, 0.05) is 37.9 Å². The molecule has 12 nitrogen and oxygen atoms in total. The van der Waals surface area contributed by atoms with Crippen molar-refractivity contribution < 1.29 is 53.6 Å². The maximum atomic E-state index is 13.2. The highest BCUT2D eigenvalue weighted by Crippen LogP contribution is 2.74. The average Bonchev–Trinajstić information content (AvgIpc) is 3.45. The van der Waals surface area contributed by atoms with Crippen molar-refractivity contribution in [2.24, 2.45) is 34.0 Å². The zero-order valence-electron chi connectivity index (χ0n) is 31.0. The number of allylic oxidation sites excluding steroid dienone is 1. The Morgan fingerprint density at radius 3 is 2.42 bits per heavy atom. The van der Waals surface area contributed by atoms with Crippen LogP contribution in [0.1, 0.15) is 92.9 Å². The maximum Gasteiger partial charge on any atom is 0.220 e. The molecule has 3 aliphatic heterocycles. The van der Waals surface area contributed by atoms with E-state index in [1.54, 1.807) is 14.0 Å². The van der Waals surface area contributed by atoms with Crippen LogP contribution in [0.2, 0.25) is 0 Å². The Kier molecular flexibility index (Phi) is 9.65. The van der Waals surface area contributed by atoms with Gasteiger partial charge in [-0.3, -0.25) is 4.79 Å². The van der Waals surface area contributed by atoms with Crippen molar-refractivity contribution in [1.82, 2.24) is 5.32 Å². The smallest absolute Gasteiger partial charge is 0.220 e. The van der Waals surface area contributed by atoms with Gasteiger partial charge in [0.05, 0.1) is 36.6 Å². The Morgan fingerprint density at radius 2 is 1.72 bits per heavy atom. The van der Waals surface area contributed by atoms with Crippen molar-refractivity contribution in [3.8, 4) is 0 Å². The molecule has 4 aliphatic carbocycles. The van der Waals surface area contributed by atoms with Gasteiger partial charge in [-0.1, -0.05) is 32.4 Å². The minimum Gasteiger partial charge on any atom is -0.393 e. The molecule has 0 radical (unpaired) electrons. The lowest BCUT2D eigenvalue weighted by atomic mass is 9.44. The highest BCUT2D eigenvalue weighted by atomic mass is 16.7. The zero-order valence-corrected chi connectivity index (χ0v) is 31.0. The van der Waals surface area contributed by atoms with Crippen LogP contribution >= 0.6 is 0 Å². The van der Waals surface area contributed by atoms with Gasteiger partial charge >= 0.3 is 0 Å². The van der Waals surface area contributed by atoms with E-state index in [2.05, 4.69) is 32.2 Å². The quantitative estimate of drug-likeness (QED) is 0.247. The van der Waals surface area contributed by atoms with Gasteiger partial charge in [0.15, 0.2) is 12.6 Å². The first-order valence-corrected chi connectivity index (χ1v) is 19.0. The SMILES string of the molecule is CO[C@H]1[C@H](O)[C@@H](O[C@H]2[C@H](C)O[C@H](O[C@@H](C)[C@]3(O)[C@H]4NC(=O)C[C@@]4(C)[C@H]4[C@@H]5CC=C6C[C@@H](O)CC[C@]6(C)[C@H]5CC[C@@]43C)C[C@H]2OC)O[C@@H](C)[C@@H]1O. The van der Waals surface area contributed by atoms with Gasteiger partial charge < -0.3 is 54.2 Å². The van der Waals surface area contributed by atoms with Gasteiger partial charge in [-0.25, -0.2) is 0 Å². The van der Waals surface area contributed by atoms with Gasteiger partial charge in [-0.2, -0.15) is 0 Å². The lowest BCUT2D eigenvalue weighted by Crippen LogP contribution is -2.65. The van der Waals surface area contributed by atoms with Crippen molar-refractivity contribution in [1.29, 1.82) is 0 Å². The number of amides is 1. The fourth-order valence-corrected chi connectivity index (χ4v) is 12.7. The molecule has 0 unspecified atom stereocenters. The fraction of sp³-hybridized carbons (Fsp3) is 0.921. The molecule has 19 atom stereocenters. The third-order valence-electron chi connectivity index (χ3n) is 15.1. The predicted molar refractivity (Wildman–Crippen MR) is 180 cm³/mol. The second-order valence-corrected chi connectivity index (χ2v) is 17.5. The Labute approximate surface area is 296 Å². The van der Waals surface area contributed by atoms with E-state index in [1.165, 1.54) is 12.7 Å². The fourth-order valence-electron chi connectivity index (χ4n) is 12.7. The summed E-state index contributed by atoms with van der Waals surface area (Å²) in [6, 6.07) is -0.482. The van der Waals surface area contributed by atoms with Crippen LogP contribution < -0.4 is 5.32 Å². The number of aliphatic hydroxyl groups excluding tert-OH is 3.